The molecular weight excluding hydrogens is 206 g/mol. The second-order valence-electron chi connectivity index (χ2n) is 3.76. The van der Waals surface area contributed by atoms with Gasteiger partial charge in [-0.15, -0.1) is 0 Å². The van der Waals surface area contributed by atoms with Crippen LogP contribution in [-0.4, -0.2) is 47.1 Å². The number of methoxy groups -OCH3 is 1. The van der Waals surface area contributed by atoms with Crippen molar-refractivity contribution in [1.82, 2.24) is 14.9 Å². The first-order chi connectivity index (χ1) is 7.79. The molecule has 2 heterocycles. The highest BCUT2D eigenvalue weighted by Gasteiger charge is 2.24. The average molecular weight is 221 g/mol. The van der Waals surface area contributed by atoms with Crippen molar-refractivity contribution in [3.05, 3.63) is 24.3 Å². The van der Waals surface area contributed by atoms with Crippen LogP contribution in [0.5, 0.6) is 0 Å². The highest BCUT2D eigenvalue weighted by Crippen LogP contribution is 2.12. The minimum Gasteiger partial charge on any atom is -0.380 e. The minimum atomic E-state index is 0.0163. The molecule has 0 spiro atoms. The Balaban J connectivity index is 1.89. The summed E-state index contributed by atoms with van der Waals surface area (Å²) in [5.41, 5.74) is 0.760. The molecule has 1 aromatic heterocycles. The van der Waals surface area contributed by atoms with Crippen LogP contribution in [0.25, 0.3) is 6.08 Å². The SMILES string of the molecule is CO[C@@H]1CCN(C(=O)/C=C/c2c[nH]cn2)C1. The van der Waals surface area contributed by atoms with E-state index in [0.29, 0.717) is 6.54 Å². The maximum atomic E-state index is 11.7. The molecule has 5 nitrogen and oxygen atoms in total. The fourth-order valence-corrected chi connectivity index (χ4v) is 1.75. The summed E-state index contributed by atoms with van der Waals surface area (Å²) < 4.78 is 5.21. The van der Waals surface area contributed by atoms with Gasteiger partial charge in [0.25, 0.3) is 0 Å². The number of imidazole rings is 1. The standard InChI is InChI=1S/C11H15N3O2/c1-16-10-4-5-14(7-10)11(15)3-2-9-6-12-8-13-9/h2-3,6,8,10H,4-5,7H2,1H3,(H,12,13)/b3-2+/t10-/m1/s1. The lowest BCUT2D eigenvalue weighted by atomic mass is 10.3. The van der Waals surface area contributed by atoms with Gasteiger partial charge in [-0.25, -0.2) is 4.98 Å². The maximum Gasteiger partial charge on any atom is 0.246 e. The third kappa shape index (κ3) is 2.49. The van der Waals surface area contributed by atoms with Gasteiger partial charge in [-0.05, 0) is 12.5 Å². The van der Waals surface area contributed by atoms with E-state index in [2.05, 4.69) is 9.97 Å². The van der Waals surface area contributed by atoms with E-state index in [-0.39, 0.29) is 12.0 Å². The summed E-state index contributed by atoms with van der Waals surface area (Å²) in [7, 11) is 1.68. The van der Waals surface area contributed by atoms with Crippen LogP contribution in [-0.2, 0) is 9.53 Å². The molecule has 86 valence electrons. The molecule has 0 aromatic carbocycles. The molecule has 1 aliphatic rings. The number of aromatic nitrogens is 2. The lowest BCUT2D eigenvalue weighted by molar-refractivity contribution is -0.125. The number of nitrogens with zero attached hydrogens (tertiary/aromatic N) is 2. The van der Waals surface area contributed by atoms with Gasteiger partial charge >= 0.3 is 0 Å². The van der Waals surface area contributed by atoms with E-state index in [9.17, 15) is 4.79 Å². The maximum absolute atomic E-state index is 11.7. The van der Waals surface area contributed by atoms with Crippen molar-refractivity contribution >= 4 is 12.0 Å². The van der Waals surface area contributed by atoms with E-state index in [0.717, 1.165) is 18.7 Å². The third-order valence-electron chi connectivity index (χ3n) is 2.71. The molecule has 2 rings (SSSR count). The number of aromatic amines is 1. The average Bonchev–Trinajstić information content (AvgIpc) is 2.96. The van der Waals surface area contributed by atoms with Crippen LogP contribution in [0.15, 0.2) is 18.6 Å². The number of carbonyl (C=O) groups is 1. The zero-order valence-corrected chi connectivity index (χ0v) is 9.22. The molecule has 5 heteroatoms. The molecule has 0 saturated carbocycles. The van der Waals surface area contributed by atoms with Crippen LogP contribution < -0.4 is 0 Å². The zero-order valence-electron chi connectivity index (χ0n) is 9.22. The van der Waals surface area contributed by atoms with Crippen LogP contribution in [0, 0.1) is 0 Å². The van der Waals surface area contributed by atoms with E-state index >= 15 is 0 Å². The molecule has 0 radical (unpaired) electrons. The van der Waals surface area contributed by atoms with E-state index in [1.54, 1.807) is 36.7 Å². The Morgan fingerprint density at radius 2 is 2.62 bits per heavy atom. The Labute approximate surface area is 94.1 Å². The van der Waals surface area contributed by atoms with Gasteiger partial charge in [-0.2, -0.15) is 0 Å². The Morgan fingerprint density at radius 3 is 3.25 bits per heavy atom. The molecule has 0 unspecified atom stereocenters. The molecule has 1 fully saturated rings. The number of carbonyl (C=O) groups excluding carboxylic acids is 1. The quantitative estimate of drug-likeness (QED) is 0.763. The first-order valence-electron chi connectivity index (χ1n) is 5.28. The van der Waals surface area contributed by atoms with Gasteiger partial charge in [0.1, 0.15) is 0 Å². The first-order valence-corrected chi connectivity index (χ1v) is 5.28. The lowest BCUT2D eigenvalue weighted by Gasteiger charge is -2.13. The second kappa shape index (κ2) is 4.94. The summed E-state index contributed by atoms with van der Waals surface area (Å²) in [6.45, 7) is 1.45. The Morgan fingerprint density at radius 1 is 1.75 bits per heavy atom. The largest absolute Gasteiger partial charge is 0.380 e. The van der Waals surface area contributed by atoms with Crippen LogP contribution in [0.4, 0.5) is 0 Å². The van der Waals surface area contributed by atoms with Crippen molar-refractivity contribution in [2.24, 2.45) is 0 Å². The van der Waals surface area contributed by atoms with Gasteiger partial charge < -0.3 is 14.6 Å². The van der Waals surface area contributed by atoms with Crippen molar-refractivity contribution in [2.75, 3.05) is 20.2 Å². The predicted molar refractivity (Wildman–Crippen MR) is 59.6 cm³/mol. The Hall–Kier alpha value is -1.62. The summed E-state index contributed by atoms with van der Waals surface area (Å²) in [5, 5.41) is 0. The second-order valence-corrected chi connectivity index (χ2v) is 3.76. The fraction of sp³-hybridized carbons (Fsp3) is 0.455. The highest BCUT2D eigenvalue weighted by molar-refractivity contribution is 5.91. The van der Waals surface area contributed by atoms with Crippen molar-refractivity contribution < 1.29 is 9.53 Å². The van der Waals surface area contributed by atoms with E-state index in [1.165, 1.54) is 0 Å². The summed E-state index contributed by atoms with van der Waals surface area (Å²) >= 11 is 0. The minimum absolute atomic E-state index is 0.0163. The number of amides is 1. The molecular formula is C11H15N3O2. The van der Waals surface area contributed by atoms with Crippen molar-refractivity contribution in [3.63, 3.8) is 0 Å². The smallest absolute Gasteiger partial charge is 0.246 e. The molecule has 1 aliphatic heterocycles. The van der Waals surface area contributed by atoms with Crippen molar-refractivity contribution in [2.45, 2.75) is 12.5 Å². The van der Waals surface area contributed by atoms with E-state index in [4.69, 9.17) is 4.74 Å². The number of nitrogens with one attached hydrogen (secondary N) is 1. The molecule has 0 bridgehead atoms. The van der Waals surface area contributed by atoms with Gasteiger partial charge in [0.2, 0.25) is 5.91 Å². The molecule has 1 N–H and O–H groups in total. The van der Waals surface area contributed by atoms with Gasteiger partial charge in [-0.1, -0.05) is 0 Å². The van der Waals surface area contributed by atoms with Crippen molar-refractivity contribution in [1.29, 1.82) is 0 Å². The number of hydrogen-bond acceptors (Lipinski definition) is 3. The van der Waals surface area contributed by atoms with Crippen LogP contribution in [0.2, 0.25) is 0 Å². The molecule has 1 amide bonds. The molecule has 1 atom stereocenters. The van der Waals surface area contributed by atoms with Crippen LogP contribution in [0.3, 0.4) is 0 Å². The fourth-order valence-electron chi connectivity index (χ4n) is 1.75. The molecule has 1 saturated heterocycles. The molecule has 1 aromatic rings. The van der Waals surface area contributed by atoms with Crippen molar-refractivity contribution in [3.8, 4) is 0 Å². The summed E-state index contributed by atoms with van der Waals surface area (Å²) in [6.07, 6.45) is 7.68. The van der Waals surface area contributed by atoms with Crippen LogP contribution >= 0.6 is 0 Å². The van der Waals surface area contributed by atoms with E-state index in [1.807, 2.05) is 0 Å². The summed E-state index contributed by atoms with van der Waals surface area (Å²) in [4.78, 5) is 20.4. The summed E-state index contributed by atoms with van der Waals surface area (Å²) in [5.74, 6) is 0.0163. The van der Waals surface area contributed by atoms with Gasteiger partial charge in [0, 0.05) is 32.5 Å². The summed E-state index contributed by atoms with van der Waals surface area (Å²) in [6, 6.07) is 0. The van der Waals surface area contributed by atoms with E-state index < -0.39 is 0 Å². The molecule has 0 aliphatic carbocycles. The predicted octanol–water partition coefficient (Wildman–Crippen LogP) is 0.670. The number of likely N-dealkylation sites (tertiary alicyclic amines) is 1. The normalized spacial score (nSPS) is 20.8. The number of H-pyrrole nitrogens is 1. The number of ether oxygens (including phenoxy) is 1. The van der Waals surface area contributed by atoms with Gasteiger partial charge in [-0.3, -0.25) is 4.79 Å². The Bertz CT molecular complexity index is 373. The number of rotatable bonds is 3. The van der Waals surface area contributed by atoms with Gasteiger partial charge in [0.15, 0.2) is 0 Å². The highest BCUT2D eigenvalue weighted by atomic mass is 16.5. The van der Waals surface area contributed by atoms with Crippen LogP contribution in [0.1, 0.15) is 12.1 Å². The number of hydrogen-bond donors (Lipinski definition) is 1. The third-order valence-corrected chi connectivity index (χ3v) is 2.71. The monoisotopic (exact) mass is 221 g/mol. The topological polar surface area (TPSA) is 58.2 Å². The van der Waals surface area contributed by atoms with Gasteiger partial charge in [0.05, 0.1) is 18.1 Å². The lowest BCUT2D eigenvalue weighted by Crippen LogP contribution is -2.28. The zero-order chi connectivity index (χ0) is 11.4. The molecule has 16 heavy (non-hydrogen) atoms. The Kier molecular flexibility index (Phi) is 3.36. The first kappa shape index (κ1) is 10.9.